The van der Waals surface area contributed by atoms with Gasteiger partial charge >= 0.3 is 0 Å². The lowest BCUT2D eigenvalue weighted by molar-refractivity contribution is 0.0193. The van der Waals surface area contributed by atoms with Gasteiger partial charge in [0.05, 0.1) is 18.8 Å². The summed E-state index contributed by atoms with van der Waals surface area (Å²) in [6, 6.07) is 21.7. The summed E-state index contributed by atoms with van der Waals surface area (Å²) in [6.45, 7) is 7.04. The summed E-state index contributed by atoms with van der Waals surface area (Å²) in [5.41, 5.74) is 9.98. The van der Waals surface area contributed by atoms with Gasteiger partial charge in [0.25, 0.3) is 11.8 Å². The minimum Gasteiger partial charge on any atom is -0.508 e. The maximum Gasteiger partial charge on any atom is 0.259 e. The van der Waals surface area contributed by atoms with Gasteiger partial charge in [-0.25, -0.2) is 0 Å². The van der Waals surface area contributed by atoms with E-state index in [1.165, 1.54) is 22.3 Å². The summed E-state index contributed by atoms with van der Waals surface area (Å²) in [7, 11) is 1.78. The molecule has 8 rings (SSSR count). The van der Waals surface area contributed by atoms with Crippen molar-refractivity contribution in [2.45, 2.75) is 57.8 Å². The average Bonchev–Trinajstić information content (AvgIpc) is 3.53. The quantitative estimate of drug-likeness (QED) is 0.302. The van der Waals surface area contributed by atoms with Gasteiger partial charge in [0.2, 0.25) is 0 Å². The van der Waals surface area contributed by atoms with Crippen LogP contribution in [0.4, 0.5) is 5.69 Å². The molecule has 0 unspecified atom stereocenters. The van der Waals surface area contributed by atoms with Crippen LogP contribution in [0.5, 0.6) is 5.75 Å². The Bertz CT molecular complexity index is 1880. The van der Waals surface area contributed by atoms with Crippen LogP contribution >= 0.6 is 0 Å². The Labute approximate surface area is 288 Å². The predicted octanol–water partition coefficient (Wildman–Crippen LogP) is 5.02. The molecule has 1 atom stereocenters. The van der Waals surface area contributed by atoms with Crippen LogP contribution in [0.1, 0.15) is 61.5 Å². The molecule has 2 amide bonds. The number of hydrogen-bond donors (Lipinski definition) is 2. The second-order valence-corrected chi connectivity index (χ2v) is 13.9. The van der Waals surface area contributed by atoms with E-state index in [9.17, 15) is 9.90 Å². The van der Waals surface area contributed by atoms with Crippen LogP contribution in [0.2, 0.25) is 0 Å². The number of aromatic hydroxyl groups is 1. The fraction of sp³-hybridized carbons (Fsp3) is 0.400. The van der Waals surface area contributed by atoms with E-state index in [1.807, 2.05) is 6.07 Å². The average molecular weight is 660 g/mol. The smallest absolute Gasteiger partial charge is 0.259 e. The van der Waals surface area contributed by atoms with Crippen LogP contribution in [0.3, 0.4) is 0 Å². The normalized spacial score (nSPS) is 19.1. The molecule has 4 aliphatic heterocycles. The summed E-state index contributed by atoms with van der Waals surface area (Å²) < 4.78 is 7.95. The van der Waals surface area contributed by atoms with E-state index >= 15 is 4.79 Å². The molecule has 5 heterocycles. The Morgan fingerprint density at radius 3 is 2.51 bits per heavy atom. The largest absolute Gasteiger partial charge is 0.508 e. The lowest BCUT2D eigenvalue weighted by Gasteiger charge is -2.41. The highest BCUT2D eigenvalue weighted by Crippen LogP contribution is 2.37. The van der Waals surface area contributed by atoms with Gasteiger partial charge in [-0.15, -0.1) is 0 Å². The summed E-state index contributed by atoms with van der Waals surface area (Å²) >= 11 is 0. The summed E-state index contributed by atoms with van der Waals surface area (Å²) in [4.78, 5) is 35.5. The number of nitrogens with one attached hydrogen (secondary N) is 1. The number of aromatic nitrogens is 1. The predicted molar refractivity (Wildman–Crippen MR) is 190 cm³/mol. The third-order valence-corrected chi connectivity index (χ3v) is 10.9. The highest BCUT2D eigenvalue weighted by molar-refractivity contribution is 6.08. The molecule has 0 saturated carbocycles. The van der Waals surface area contributed by atoms with Crippen molar-refractivity contribution in [3.8, 4) is 17.0 Å². The molecule has 1 fully saturated rings. The Balaban J connectivity index is 1.22. The van der Waals surface area contributed by atoms with Crippen LogP contribution in [0, 0.1) is 0 Å². The number of morpholine rings is 1. The zero-order valence-electron chi connectivity index (χ0n) is 28.3. The first-order valence-electron chi connectivity index (χ1n) is 17.8. The third-order valence-electron chi connectivity index (χ3n) is 10.9. The van der Waals surface area contributed by atoms with Crippen LogP contribution in [0.15, 0.2) is 66.7 Å². The Hall–Kier alpha value is -4.44. The molecule has 1 saturated heterocycles. The lowest BCUT2D eigenvalue weighted by Crippen LogP contribution is -2.52. The molecule has 49 heavy (non-hydrogen) atoms. The Morgan fingerprint density at radius 1 is 0.898 bits per heavy atom. The number of phenolic OH excluding ortho intramolecular Hbond substituents is 1. The third kappa shape index (κ3) is 6.16. The number of carbonyl (C=O) groups is 2. The number of phenols is 1. The molecule has 4 aromatic rings. The summed E-state index contributed by atoms with van der Waals surface area (Å²) in [5, 5.41) is 13.3. The van der Waals surface area contributed by atoms with Gasteiger partial charge in [-0.2, -0.15) is 0 Å². The van der Waals surface area contributed by atoms with Gasteiger partial charge in [-0.3, -0.25) is 14.5 Å². The number of anilines is 1. The van der Waals surface area contributed by atoms with Crippen molar-refractivity contribution in [2.24, 2.45) is 0 Å². The van der Waals surface area contributed by atoms with Gasteiger partial charge in [-0.05, 0) is 103 Å². The van der Waals surface area contributed by atoms with Crippen LogP contribution in [-0.4, -0.2) is 83.8 Å². The van der Waals surface area contributed by atoms with E-state index in [4.69, 9.17) is 4.74 Å². The highest BCUT2D eigenvalue weighted by Gasteiger charge is 2.35. The van der Waals surface area contributed by atoms with Crippen molar-refractivity contribution in [1.82, 2.24) is 19.7 Å². The molecule has 9 nitrogen and oxygen atoms in total. The minimum absolute atomic E-state index is 0.0415. The zero-order valence-corrected chi connectivity index (χ0v) is 28.3. The van der Waals surface area contributed by atoms with E-state index in [0.717, 1.165) is 102 Å². The molecule has 3 aromatic carbocycles. The second-order valence-electron chi connectivity index (χ2n) is 13.9. The highest BCUT2D eigenvalue weighted by atomic mass is 16.5. The molecule has 4 aliphatic rings. The Morgan fingerprint density at radius 2 is 1.69 bits per heavy atom. The molecule has 254 valence electrons. The first-order valence-corrected chi connectivity index (χ1v) is 17.8. The van der Waals surface area contributed by atoms with E-state index in [0.29, 0.717) is 23.4 Å². The maximum atomic E-state index is 15.1. The topological polar surface area (TPSA) is 90.3 Å². The fourth-order valence-electron chi connectivity index (χ4n) is 8.21. The van der Waals surface area contributed by atoms with Gasteiger partial charge in [0, 0.05) is 80.6 Å². The number of amides is 2. The number of carbonyl (C=O) groups excluding carboxylic acids is 2. The van der Waals surface area contributed by atoms with E-state index in [2.05, 4.69) is 56.1 Å². The van der Waals surface area contributed by atoms with Gasteiger partial charge in [-0.1, -0.05) is 24.3 Å². The molecule has 9 heteroatoms. The molecular weight excluding hydrogens is 614 g/mol. The number of fused-ring (bicyclic) bond motifs is 3. The van der Waals surface area contributed by atoms with E-state index < -0.39 is 0 Å². The fourth-order valence-corrected chi connectivity index (χ4v) is 8.21. The Kier molecular flexibility index (Phi) is 8.74. The molecule has 0 aliphatic carbocycles. The van der Waals surface area contributed by atoms with Crippen molar-refractivity contribution in [2.75, 3.05) is 51.3 Å². The molecule has 2 N–H and O–H groups in total. The van der Waals surface area contributed by atoms with Gasteiger partial charge in [0.15, 0.2) is 0 Å². The number of benzene rings is 3. The zero-order chi connectivity index (χ0) is 33.5. The van der Waals surface area contributed by atoms with Crippen molar-refractivity contribution in [3.05, 3.63) is 106 Å². The first-order chi connectivity index (χ1) is 23.9. The second kappa shape index (κ2) is 13.5. The van der Waals surface area contributed by atoms with Crippen LogP contribution in [0.25, 0.3) is 11.3 Å². The summed E-state index contributed by atoms with van der Waals surface area (Å²) in [6.07, 6.45) is 4.58. The molecule has 1 aromatic heterocycles. The van der Waals surface area contributed by atoms with Gasteiger partial charge in [0.1, 0.15) is 5.75 Å². The maximum absolute atomic E-state index is 15.1. The molecule has 0 radical (unpaired) electrons. The first kappa shape index (κ1) is 31.8. The SMILES string of the molecule is CN(C(=O)c1cc(-c2cc3c(cc2C(=O)N2Cc4ccccc4C[C@@H]2CN2CCOCC2)CNCC3)n2c1CCCC2)c1ccc(O)cc1. The number of hydrogen-bond acceptors (Lipinski definition) is 6. The summed E-state index contributed by atoms with van der Waals surface area (Å²) in [5.74, 6) is 0.129. The molecule has 0 spiro atoms. The lowest BCUT2D eigenvalue weighted by atomic mass is 9.89. The number of ether oxygens (including phenoxy) is 1. The van der Waals surface area contributed by atoms with Crippen molar-refractivity contribution in [1.29, 1.82) is 0 Å². The molecular formula is C40H45N5O4. The van der Waals surface area contributed by atoms with Crippen molar-refractivity contribution < 1.29 is 19.4 Å². The van der Waals surface area contributed by atoms with Gasteiger partial charge < -0.3 is 29.5 Å². The standard InChI is InChI=1S/C40H45N5O4/c1-42(31-9-11-33(46)12-10-31)39(47)36-23-38(44-15-5-4-8-37(36)44)34-21-28-13-14-41-24-30(28)22-35(34)40(48)45-25-29-7-3-2-6-27(29)20-32(45)26-43-16-18-49-19-17-43/h2-3,6-7,9-12,21-23,32,41,46H,4-5,8,13-20,24-26H2,1H3/t32-/m1/s1. The van der Waals surface area contributed by atoms with Crippen LogP contribution < -0.4 is 10.2 Å². The van der Waals surface area contributed by atoms with Crippen molar-refractivity contribution >= 4 is 17.5 Å². The number of nitrogens with zero attached hydrogens (tertiary/aromatic N) is 4. The van der Waals surface area contributed by atoms with Crippen molar-refractivity contribution in [3.63, 3.8) is 0 Å². The monoisotopic (exact) mass is 659 g/mol. The minimum atomic E-state index is -0.0872. The number of rotatable bonds is 6. The molecule has 0 bridgehead atoms. The van der Waals surface area contributed by atoms with E-state index in [-0.39, 0.29) is 23.6 Å². The van der Waals surface area contributed by atoms with E-state index in [1.54, 1.807) is 36.2 Å². The van der Waals surface area contributed by atoms with Crippen LogP contribution in [-0.2, 0) is 43.6 Å².